The standard InChI is InChI=1S/C14H12BrClN2O2S/c15-9-4-1-2-7-12(9)18-13(19)8-21(20)14-10(16)5-3-6-11(14)17/h1-7H,8,17H2,(H,18,19). The molecular formula is C14H12BrClN2O2S. The van der Waals surface area contributed by atoms with Crippen LogP contribution < -0.4 is 11.1 Å². The van der Waals surface area contributed by atoms with Gasteiger partial charge in [0.05, 0.1) is 26.4 Å². The first-order chi connectivity index (χ1) is 9.99. The Bertz CT molecular complexity index is 689. The van der Waals surface area contributed by atoms with Gasteiger partial charge < -0.3 is 11.1 Å². The molecule has 0 saturated carbocycles. The van der Waals surface area contributed by atoms with Gasteiger partial charge in [-0.2, -0.15) is 0 Å². The molecule has 1 atom stereocenters. The average molecular weight is 388 g/mol. The maximum Gasteiger partial charge on any atom is 0.237 e. The van der Waals surface area contributed by atoms with Gasteiger partial charge in [-0.25, -0.2) is 0 Å². The summed E-state index contributed by atoms with van der Waals surface area (Å²) in [5.74, 6) is -0.588. The second-order valence-corrected chi connectivity index (χ2v) is 6.83. The molecule has 2 rings (SSSR count). The zero-order chi connectivity index (χ0) is 15.4. The second kappa shape index (κ2) is 7.06. The number of para-hydroxylation sites is 1. The first-order valence-corrected chi connectivity index (χ1v) is 8.45. The lowest BCUT2D eigenvalue weighted by Crippen LogP contribution is -2.20. The van der Waals surface area contributed by atoms with Crippen LogP contribution in [0, 0.1) is 0 Å². The fourth-order valence-electron chi connectivity index (χ4n) is 1.71. The minimum absolute atomic E-state index is 0.213. The largest absolute Gasteiger partial charge is 0.398 e. The number of benzene rings is 2. The number of carbonyl (C=O) groups excluding carboxylic acids is 1. The fraction of sp³-hybridized carbons (Fsp3) is 0.0714. The van der Waals surface area contributed by atoms with Crippen molar-refractivity contribution >= 4 is 55.6 Å². The monoisotopic (exact) mass is 386 g/mol. The van der Waals surface area contributed by atoms with E-state index in [0.29, 0.717) is 21.3 Å². The van der Waals surface area contributed by atoms with Crippen molar-refractivity contribution in [2.75, 3.05) is 16.8 Å². The van der Waals surface area contributed by atoms with Gasteiger partial charge in [-0.3, -0.25) is 9.00 Å². The van der Waals surface area contributed by atoms with E-state index >= 15 is 0 Å². The number of hydrogen-bond donors (Lipinski definition) is 2. The van der Waals surface area contributed by atoms with Crippen LogP contribution in [0.25, 0.3) is 0 Å². The van der Waals surface area contributed by atoms with Crippen molar-refractivity contribution in [1.82, 2.24) is 0 Å². The van der Waals surface area contributed by atoms with E-state index in [9.17, 15) is 9.00 Å². The third kappa shape index (κ3) is 4.06. The molecule has 2 aromatic rings. The van der Waals surface area contributed by atoms with Crippen LogP contribution in [-0.2, 0) is 15.6 Å². The van der Waals surface area contributed by atoms with E-state index in [0.717, 1.165) is 4.47 Å². The van der Waals surface area contributed by atoms with Crippen molar-refractivity contribution in [2.24, 2.45) is 0 Å². The minimum Gasteiger partial charge on any atom is -0.398 e. The van der Waals surface area contributed by atoms with Crippen molar-refractivity contribution in [2.45, 2.75) is 4.90 Å². The quantitative estimate of drug-likeness (QED) is 0.789. The maximum atomic E-state index is 12.2. The molecule has 110 valence electrons. The van der Waals surface area contributed by atoms with Crippen LogP contribution in [0.15, 0.2) is 51.8 Å². The summed E-state index contributed by atoms with van der Waals surface area (Å²) in [5, 5.41) is 2.98. The Labute approximate surface area is 138 Å². The molecule has 0 heterocycles. The van der Waals surface area contributed by atoms with Crippen molar-refractivity contribution in [3.63, 3.8) is 0 Å². The van der Waals surface area contributed by atoms with Crippen molar-refractivity contribution in [3.05, 3.63) is 52.0 Å². The molecule has 0 aromatic heterocycles. The van der Waals surface area contributed by atoms with E-state index in [1.807, 2.05) is 6.07 Å². The van der Waals surface area contributed by atoms with Gasteiger partial charge in [0.15, 0.2) is 0 Å². The minimum atomic E-state index is -1.60. The highest BCUT2D eigenvalue weighted by Crippen LogP contribution is 2.26. The Balaban J connectivity index is 2.10. The predicted molar refractivity (Wildman–Crippen MR) is 89.9 cm³/mol. The lowest BCUT2D eigenvalue weighted by atomic mass is 10.3. The SMILES string of the molecule is Nc1cccc(Cl)c1S(=O)CC(=O)Nc1ccccc1Br. The first-order valence-electron chi connectivity index (χ1n) is 5.96. The van der Waals surface area contributed by atoms with Gasteiger partial charge in [-0.05, 0) is 40.2 Å². The highest BCUT2D eigenvalue weighted by molar-refractivity contribution is 9.10. The number of anilines is 2. The van der Waals surface area contributed by atoms with Gasteiger partial charge in [-0.15, -0.1) is 0 Å². The molecule has 7 heteroatoms. The molecule has 0 aliphatic rings. The molecule has 0 aliphatic heterocycles. The van der Waals surface area contributed by atoms with Crippen LogP contribution in [0.2, 0.25) is 5.02 Å². The molecular weight excluding hydrogens is 376 g/mol. The molecule has 0 bridgehead atoms. The van der Waals surface area contributed by atoms with E-state index in [-0.39, 0.29) is 11.7 Å². The summed E-state index contributed by atoms with van der Waals surface area (Å²) < 4.78 is 13.0. The van der Waals surface area contributed by atoms with Gasteiger partial charge in [-0.1, -0.05) is 29.8 Å². The maximum absolute atomic E-state index is 12.2. The normalized spacial score (nSPS) is 11.9. The Morgan fingerprint density at radius 2 is 1.95 bits per heavy atom. The molecule has 0 fully saturated rings. The number of hydrogen-bond acceptors (Lipinski definition) is 3. The van der Waals surface area contributed by atoms with E-state index in [1.165, 1.54) is 0 Å². The second-order valence-electron chi connectivity index (χ2n) is 4.18. The molecule has 3 N–H and O–H groups in total. The molecule has 0 radical (unpaired) electrons. The van der Waals surface area contributed by atoms with Crippen LogP contribution in [0.4, 0.5) is 11.4 Å². The first kappa shape index (κ1) is 16.0. The van der Waals surface area contributed by atoms with Gasteiger partial charge in [0.1, 0.15) is 5.75 Å². The Morgan fingerprint density at radius 1 is 1.24 bits per heavy atom. The highest BCUT2D eigenvalue weighted by atomic mass is 79.9. The summed E-state index contributed by atoms with van der Waals surface area (Å²) in [4.78, 5) is 12.3. The van der Waals surface area contributed by atoms with Crippen molar-refractivity contribution < 1.29 is 9.00 Å². The predicted octanol–water partition coefficient (Wildman–Crippen LogP) is 3.43. The zero-order valence-electron chi connectivity index (χ0n) is 10.8. The van der Waals surface area contributed by atoms with Crippen LogP contribution in [0.1, 0.15) is 0 Å². The topological polar surface area (TPSA) is 72.2 Å². The van der Waals surface area contributed by atoms with Gasteiger partial charge in [0.2, 0.25) is 5.91 Å². The van der Waals surface area contributed by atoms with Gasteiger partial charge in [0, 0.05) is 10.2 Å². The van der Waals surface area contributed by atoms with Gasteiger partial charge >= 0.3 is 0 Å². The van der Waals surface area contributed by atoms with Crippen molar-refractivity contribution in [3.8, 4) is 0 Å². The average Bonchev–Trinajstić information content (AvgIpc) is 2.41. The number of rotatable bonds is 4. The highest BCUT2D eigenvalue weighted by Gasteiger charge is 2.16. The molecule has 2 aromatic carbocycles. The summed E-state index contributed by atoms with van der Waals surface area (Å²) in [6, 6.07) is 12.0. The Morgan fingerprint density at radius 3 is 2.62 bits per heavy atom. The molecule has 0 saturated heterocycles. The Kier molecular flexibility index (Phi) is 5.39. The fourth-order valence-corrected chi connectivity index (χ4v) is 3.60. The summed E-state index contributed by atoms with van der Waals surface area (Å²) in [6.07, 6.45) is 0. The molecule has 0 aliphatic carbocycles. The molecule has 1 amide bonds. The number of carbonyl (C=O) groups is 1. The lowest BCUT2D eigenvalue weighted by Gasteiger charge is -2.09. The van der Waals surface area contributed by atoms with E-state index in [1.54, 1.807) is 36.4 Å². The van der Waals surface area contributed by atoms with Crippen LogP contribution in [-0.4, -0.2) is 15.9 Å². The number of halogens is 2. The van der Waals surface area contributed by atoms with Crippen molar-refractivity contribution in [1.29, 1.82) is 0 Å². The Hall–Kier alpha value is -1.37. The zero-order valence-corrected chi connectivity index (χ0v) is 14.0. The van der Waals surface area contributed by atoms with E-state index in [2.05, 4.69) is 21.2 Å². The summed E-state index contributed by atoms with van der Waals surface area (Å²) in [5.41, 5.74) is 6.69. The molecule has 4 nitrogen and oxygen atoms in total. The number of nitrogens with one attached hydrogen (secondary N) is 1. The third-order valence-electron chi connectivity index (χ3n) is 2.64. The molecule has 0 spiro atoms. The number of nitrogen functional groups attached to an aromatic ring is 1. The smallest absolute Gasteiger partial charge is 0.237 e. The lowest BCUT2D eigenvalue weighted by molar-refractivity contribution is -0.113. The summed E-state index contributed by atoms with van der Waals surface area (Å²) in [7, 11) is -1.60. The molecule has 21 heavy (non-hydrogen) atoms. The third-order valence-corrected chi connectivity index (χ3v) is 5.19. The van der Waals surface area contributed by atoms with E-state index < -0.39 is 10.8 Å². The van der Waals surface area contributed by atoms with Crippen LogP contribution in [0.5, 0.6) is 0 Å². The summed E-state index contributed by atoms with van der Waals surface area (Å²) in [6.45, 7) is 0. The van der Waals surface area contributed by atoms with Gasteiger partial charge in [0.25, 0.3) is 0 Å². The van der Waals surface area contributed by atoms with E-state index in [4.69, 9.17) is 17.3 Å². The van der Waals surface area contributed by atoms with Crippen LogP contribution >= 0.6 is 27.5 Å². The number of nitrogens with two attached hydrogens (primary N) is 1. The summed E-state index contributed by atoms with van der Waals surface area (Å²) >= 11 is 9.31. The molecule has 1 unspecified atom stereocenters. The van der Waals surface area contributed by atoms with Crippen LogP contribution in [0.3, 0.4) is 0 Å². The number of amides is 1.